The molecule has 0 amide bonds. The van der Waals surface area contributed by atoms with Crippen molar-refractivity contribution in [2.45, 2.75) is 81.7 Å². The quantitative estimate of drug-likeness (QED) is 0.560. The molecule has 1 aliphatic heterocycles. The van der Waals surface area contributed by atoms with Crippen LogP contribution < -0.4 is 0 Å². The molecule has 101 valence electrons. The number of fused-ring (bicyclic) bond motifs is 1. The van der Waals surface area contributed by atoms with Gasteiger partial charge in [-0.15, -0.1) is 0 Å². The smallest absolute Gasteiger partial charge is 0.345 e. The normalized spacial score (nSPS) is 44.2. The minimum absolute atomic E-state index is 0.0253. The number of epoxide rings is 1. The third-order valence-corrected chi connectivity index (χ3v) is 4.90. The summed E-state index contributed by atoms with van der Waals surface area (Å²) in [6.45, 7) is 1.77. The van der Waals surface area contributed by atoms with Gasteiger partial charge in [0, 0.05) is 0 Å². The highest BCUT2D eigenvalue weighted by molar-refractivity contribution is 5.82. The van der Waals surface area contributed by atoms with E-state index in [0.717, 1.165) is 38.5 Å². The van der Waals surface area contributed by atoms with Crippen molar-refractivity contribution >= 4 is 5.97 Å². The second-order valence-corrected chi connectivity index (χ2v) is 6.10. The molecule has 2 saturated carbocycles. The number of rotatable bonds is 2. The van der Waals surface area contributed by atoms with Gasteiger partial charge in [0.15, 0.2) is 0 Å². The van der Waals surface area contributed by atoms with Crippen molar-refractivity contribution in [1.82, 2.24) is 0 Å². The first-order chi connectivity index (χ1) is 8.56. The Morgan fingerprint density at radius 3 is 2.61 bits per heavy atom. The molecule has 1 saturated heterocycles. The van der Waals surface area contributed by atoms with Crippen molar-refractivity contribution in [2.24, 2.45) is 0 Å². The lowest BCUT2D eigenvalue weighted by molar-refractivity contribution is -0.192. The summed E-state index contributed by atoms with van der Waals surface area (Å²) in [7, 11) is 0. The second kappa shape index (κ2) is 4.20. The molecule has 0 bridgehead atoms. The van der Waals surface area contributed by atoms with Gasteiger partial charge in [0.05, 0.1) is 6.10 Å². The molecule has 0 aromatic heterocycles. The fourth-order valence-corrected chi connectivity index (χ4v) is 3.47. The molecule has 1 heterocycles. The van der Waals surface area contributed by atoms with Gasteiger partial charge in [-0.1, -0.05) is 6.42 Å². The molecule has 1 radical (unpaired) electrons. The van der Waals surface area contributed by atoms with Crippen molar-refractivity contribution < 1.29 is 19.4 Å². The van der Waals surface area contributed by atoms with Gasteiger partial charge >= 0.3 is 5.97 Å². The van der Waals surface area contributed by atoms with E-state index in [1.165, 1.54) is 6.42 Å². The molecular formula is C14H21O4. The molecule has 2 aliphatic carbocycles. The molecule has 3 rings (SSSR count). The van der Waals surface area contributed by atoms with Crippen LogP contribution in [0, 0.1) is 0 Å². The van der Waals surface area contributed by atoms with E-state index in [4.69, 9.17) is 9.47 Å². The van der Waals surface area contributed by atoms with E-state index in [1.807, 2.05) is 0 Å². The molecule has 4 heteroatoms. The Morgan fingerprint density at radius 2 is 1.89 bits per heavy atom. The van der Waals surface area contributed by atoms with Gasteiger partial charge in [-0.05, 0) is 51.9 Å². The molecule has 0 aromatic carbocycles. The zero-order valence-electron chi connectivity index (χ0n) is 10.9. The van der Waals surface area contributed by atoms with Crippen LogP contribution in [-0.2, 0) is 19.4 Å². The summed E-state index contributed by atoms with van der Waals surface area (Å²) in [5.74, 6) is -0.570. The summed E-state index contributed by atoms with van der Waals surface area (Å²) in [5.41, 5.74) is -2.48. The van der Waals surface area contributed by atoms with Crippen LogP contribution in [0.25, 0.3) is 0 Å². The van der Waals surface area contributed by atoms with Gasteiger partial charge in [-0.25, -0.2) is 9.90 Å². The summed E-state index contributed by atoms with van der Waals surface area (Å²) < 4.78 is 10.9. The molecule has 3 atom stereocenters. The third-order valence-electron chi connectivity index (χ3n) is 4.90. The number of carbonyl (C=O) groups excluding carboxylic acids is 1. The zero-order valence-corrected chi connectivity index (χ0v) is 10.9. The Bertz CT molecular complexity index is 350. The summed E-state index contributed by atoms with van der Waals surface area (Å²) in [6.07, 6.45) is 7.17. The van der Waals surface area contributed by atoms with Crippen LogP contribution in [0.3, 0.4) is 0 Å². The Hall–Kier alpha value is -0.610. The lowest BCUT2D eigenvalue weighted by Crippen LogP contribution is -2.54. The first-order valence-electron chi connectivity index (χ1n) is 7.15. The SMILES string of the molecule is CC12OC1CCCC2([O])C(=O)OC1CCCCC1. The van der Waals surface area contributed by atoms with Gasteiger partial charge in [-0.3, -0.25) is 0 Å². The minimum Gasteiger partial charge on any atom is -0.460 e. The Morgan fingerprint density at radius 1 is 1.17 bits per heavy atom. The van der Waals surface area contributed by atoms with E-state index in [2.05, 4.69) is 0 Å². The average molecular weight is 253 g/mol. The molecule has 4 nitrogen and oxygen atoms in total. The third kappa shape index (κ3) is 1.77. The highest BCUT2D eigenvalue weighted by atomic mass is 16.6. The van der Waals surface area contributed by atoms with Crippen LogP contribution in [0.2, 0.25) is 0 Å². The fourth-order valence-electron chi connectivity index (χ4n) is 3.47. The monoisotopic (exact) mass is 253 g/mol. The fraction of sp³-hybridized carbons (Fsp3) is 0.929. The minimum atomic E-state index is -1.67. The highest BCUT2D eigenvalue weighted by Crippen LogP contribution is 2.54. The van der Waals surface area contributed by atoms with Gasteiger partial charge in [-0.2, -0.15) is 0 Å². The largest absolute Gasteiger partial charge is 0.460 e. The summed E-state index contributed by atoms with van der Waals surface area (Å²) in [6, 6.07) is 0. The van der Waals surface area contributed by atoms with Crippen molar-refractivity contribution in [1.29, 1.82) is 0 Å². The van der Waals surface area contributed by atoms with Crippen molar-refractivity contribution in [3.8, 4) is 0 Å². The molecule has 0 spiro atoms. The van der Waals surface area contributed by atoms with Gasteiger partial charge in [0.2, 0.25) is 5.60 Å². The van der Waals surface area contributed by atoms with Crippen LogP contribution >= 0.6 is 0 Å². The van der Waals surface area contributed by atoms with Crippen molar-refractivity contribution in [3.05, 3.63) is 0 Å². The summed E-state index contributed by atoms with van der Waals surface area (Å²) in [4.78, 5) is 12.2. The lowest BCUT2D eigenvalue weighted by Gasteiger charge is -2.33. The van der Waals surface area contributed by atoms with Crippen LogP contribution in [0.4, 0.5) is 0 Å². The second-order valence-electron chi connectivity index (χ2n) is 6.10. The van der Waals surface area contributed by atoms with Crippen LogP contribution in [-0.4, -0.2) is 29.4 Å². The van der Waals surface area contributed by atoms with Crippen molar-refractivity contribution in [2.75, 3.05) is 0 Å². The van der Waals surface area contributed by atoms with Crippen LogP contribution in [0.1, 0.15) is 58.3 Å². The van der Waals surface area contributed by atoms with E-state index >= 15 is 0 Å². The number of esters is 1. The number of carbonyl (C=O) groups is 1. The maximum absolute atomic E-state index is 12.8. The van der Waals surface area contributed by atoms with Crippen LogP contribution in [0.15, 0.2) is 0 Å². The maximum Gasteiger partial charge on any atom is 0.345 e. The first-order valence-corrected chi connectivity index (χ1v) is 7.15. The number of hydrogen-bond donors (Lipinski definition) is 0. The molecular weight excluding hydrogens is 232 g/mol. The summed E-state index contributed by atoms with van der Waals surface area (Å²) >= 11 is 0. The van der Waals surface area contributed by atoms with Crippen molar-refractivity contribution in [3.63, 3.8) is 0 Å². The standard InChI is InChI=1S/C14H21O4/c1-13-11(18-13)8-5-9-14(13,16)12(15)17-10-6-3-2-4-7-10/h10-11H,2-9H2,1H3. The maximum atomic E-state index is 12.8. The Labute approximate surface area is 108 Å². The predicted octanol–water partition coefficient (Wildman–Crippen LogP) is 2.37. The zero-order chi connectivity index (χ0) is 12.8. The molecule has 0 aromatic rings. The van der Waals surface area contributed by atoms with E-state index in [9.17, 15) is 9.90 Å². The number of ether oxygens (including phenoxy) is 2. The van der Waals surface area contributed by atoms with Crippen LogP contribution in [0.5, 0.6) is 0 Å². The topological polar surface area (TPSA) is 58.7 Å². The molecule has 3 aliphatic rings. The van der Waals surface area contributed by atoms with E-state index in [0.29, 0.717) is 6.42 Å². The Balaban J connectivity index is 1.67. The van der Waals surface area contributed by atoms with E-state index < -0.39 is 17.2 Å². The van der Waals surface area contributed by atoms with E-state index in [-0.39, 0.29) is 12.2 Å². The Kier molecular flexibility index (Phi) is 2.90. The number of hydrogen-bond acceptors (Lipinski definition) is 3. The molecule has 18 heavy (non-hydrogen) atoms. The highest BCUT2D eigenvalue weighted by Gasteiger charge is 2.72. The van der Waals surface area contributed by atoms with Gasteiger partial charge in [0.1, 0.15) is 11.7 Å². The van der Waals surface area contributed by atoms with Gasteiger partial charge in [0.25, 0.3) is 0 Å². The first kappa shape index (κ1) is 12.4. The van der Waals surface area contributed by atoms with Gasteiger partial charge < -0.3 is 9.47 Å². The predicted molar refractivity (Wildman–Crippen MR) is 63.5 cm³/mol. The molecule has 0 N–H and O–H groups in total. The lowest BCUT2D eigenvalue weighted by atomic mass is 9.76. The van der Waals surface area contributed by atoms with E-state index in [1.54, 1.807) is 6.92 Å². The summed E-state index contributed by atoms with van der Waals surface area (Å²) in [5, 5.41) is 12.8. The molecule has 3 fully saturated rings. The molecule has 3 unspecified atom stereocenters. The average Bonchev–Trinajstić information content (AvgIpc) is 3.04.